The van der Waals surface area contributed by atoms with Gasteiger partial charge in [-0.15, -0.1) is 0 Å². The van der Waals surface area contributed by atoms with E-state index in [-0.39, 0.29) is 23.9 Å². The first-order valence-electron chi connectivity index (χ1n) is 9.01. The zero-order chi connectivity index (χ0) is 18.6. The van der Waals surface area contributed by atoms with Crippen LogP contribution in [-0.4, -0.2) is 27.4 Å². The number of carbonyl (C=O) groups excluding carboxylic acids is 1. The van der Waals surface area contributed by atoms with Gasteiger partial charge in [0.05, 0.1) is 17.3 Å². The maximum Gasteiger partial charge on any atom is 0.319 e. The van der Waals surface area contributed by atoms with Crippen molar-refractivity contribution in [2.75, 3.05) is 5.32 Å². The normalized spacial score (nSPS) is 28.7. The third-order valence-electron chi connectivity index (χ3n) is 5.82. The van der Waals surface area contributed by atoms with Crippen molar-refractivity contribution < 1.29 is 9.90 Å². The minimum absolute atomic E-state index is 0.102. The van der Waals surface area contributed by atoms with Crippen molar-refractivity contribution in [1.29, 1.82) is 0 Å². The lowest BCUT2D eigenvalue weighted by atomic mass is 9.87. The summed E-state index contributed by atoms with van der Waals surface area (Å²) in [5.74, 6) is 0.543. The van der Waals surface area contributed by atoms with Crippen LogP contribution in [0.25, 0.3) is 10.9 Å². The van der Waals surface area contributed by atoms with Gasteiger partial charge < -0.3 is 15.7 Å². The van der Waals surface area contributed by atoms with Gasteiger partial charge in [0.2, 0.25) is 0 Å². The number of H-pyrrole nitrogens is 1. The molecule has 0 unspecified atom stereocenters. The molecule has 1 heterocycles. The number of benzene rings is 2. The monoisotopic (exact) mass is 382 g/mol. The number of urea groups is 1. The highest BCUT2D eigenvalue weighted by Gasteiger charge is 2.62. The van der Waals surface area contributed by atoms with E-state index in [1.54, 1.807) is 6.20 Å². The van der Waals surface area contributed by atoms with Gasteiger partial charge in [0.1, 0.15) is 0 Å². The van der Waals surface area contributed by atoms with E-state index in [0.717, 1.165) is 22.2 Å². The number of nitrogens with zero attached hydrogens (tertiary/aromatic N) is 1. The van der Waals surface area contributed by atoms with E-state index in [1.165, 1.54) is 0 Å². The van der Waals surface area contributed by atoms with Crippen LogP contribution < -0.4 is 10.6 Å². The molecule has 2 aliphatic rings. The Balaban J connectivity index is 1.27. The van der Waals surface area contributed by atoms with Gasteiger partial charge in [0, 0.05) is 27.7 Å². The summed E-state index contributed by atoms with van der Waals surface area (Å²) >= 11 is 6.23. The molecule has 0 saturated heterocycles. The summed E-state index contributed by atoms with van der Waals surface area (Å²) in [6, 6.07) is 12.9. The zero-order valence-corrected chi connectivity index (χ0v) is 15.2. The van der Waals surface area contributed by atoms with Gasteiger partial charge in [-0.1, -0.05) is 29.8 Å². The number of fused-ring (bicyclic) bond motifs is 2. The first kappa shape index (κ1) is 16.6. The molecular formula is C20H19ClN4O2. The Hall–Kier alpha value is -2.57. The van der Waals surface area contributed by atoms with Gasteiger partial charge in [0.15, 0.2) is 0 Å². The standard InChI is InChI=1S/C20H19ClN4O2/c21-12-6-11-10-22-25-17(11)16(7-12)20(27)8-14-15(9-20)18(14)24-19(26)23-13-4-2-1-3-5-13/h1-7,10,14-15,18,27H,8-9H2,(H,22,25)(H2,23,24,26)/t14-,15+,18+,20-. The summed E-state index contributed by atoms with van der Waals surface area (Å²) in [6.45, 7) is 0. The highest BCUT2D eigenvalue weighted by atomic mass is 35.5. The summed E-state index contributed by atoms with van der Waals surface area (Å²) in [5, 5.41) is 25.6. The quantitative estimate of drug-likeness (QED) is 0.557. The molecule has 2 fully saturated rings. The number of aliphatic hydroxyl groups is 1. The molecule has 0 radical (unpaired) electrons. The second-order valence-corrected chi connectivity index (χ2v) is 7.98. The molecule has 6 nitrogen and oxygen atoms in total. The van der Waals surface area contributed by atoms with E-state index >= 15 is 0 Å². The van der Waals surface area contributed by atoms with Crippen LogP contribution in [0.15, 0.2) is 48.7 Å². The number of halogens is 1. The van der Waals surface area contributed by atoms with E-state index in [1.807, 2.05) is 42.5 Å². The molecule has 3 aromatic rings. The van der Waals surface area contributed by atoms with Crippen LogP contribution in [-0.2, 0) is 5.60 Å². The second kappa shape index (κ2) is 5.97. The fraction of sp³-hybridized carbons (Fsp3) is 0.300. The van der Waals surface area contributed by atoms with Gasteiger partial charge in [-0.3, -0.25) is 5.10 Å². The van der Waals surface area contributed by atoms with Gasteiger partial charge in [-0.2, -0.15) is 5.10 Å². The fourth-order valence-corrected chi connectivity index (χ4v) is 4.75. The summed E-state index contributed by atoms with van der Waals surface area (Å²) < 4.78 is 0. The third-order valence-corrected chi connectivity index (χ3v) is 6.04. The number of rotatable bonds is 3. The van der Waals surface area contributed by atoms with Crippen LogP contribution in [0.4, 0.5) is 10.5 Å². The summed E-state index contributed by atoms with van der Waals surface area (Å²) in [6.07, 6.45) is 2.91. The molecular weight excluding hydrogens is 364 g/mol. The first-order chi connectivity index (χ1) is 13.0. The molecule has 7 heteroatoms. The van der Waals surface area contributed by atoms with Crippen LogP contribution in [0.1, 0.15) is 18.4 Å². The minimum atomic E-state index is -0.945. The predicted molar refractivity (Wildman–Crippen MR) is 104 cm³/mol. The number of hydrogen-bond acceptors (Lipinski definition) is 3. The number of aromatic nitrogens is 2. The smallest absolute Gasteiger partial charge is 0.319 e. The minimum Gasteiger partial charge on any atom is -0.385 e. The molecule has 0 spiro atoms. The highest BCUT2D eigenvalue weighted by Crippen LogP contribution is 2.60. The number of amides is 2. The predicted octanol–water partition coefficient (Wildman–Crippen LogP) is 3.63. The lowest BCUT2D eigenvalue weighted by molar-refractivity contribution is 0.0298. The molecule has 2 aromatic carbocycles. The van der Waals surface area contributed by atoms with E-state index in [0.29, 0.717) is 17.9 Å². The number of nitrogens with one attached hydrogen (secondary N) is 3. The van der Waals surface area contributed by atoms with Gasteiger partial charge in [-0.05, 0) is 48.9 Å². The van der Waals surface area contributed by atoms with Crippen LogP contribution in [0, 0.1) is 11.8 Å². The Labute approximate surface area is 160 Å². The lowest BCUT2D eigenvalue weighted by Crippen LogP contribution is -2.36. The number of carbonyl (C=O) groups is 1. The lowest BCUT2D eigenvalue weighted by Gasteiger charge is -2.27. The molecule has 138 valence electrons. The highest BCUT2D eigenvalue weighted by molar-refractivity contribution is 6.31. The van der Waals surface area contributed by atoms with Crippen molar-refractivity contribution in [3.63, 3.8) is 0 Å². The molecule has 2 saturated carbocycles. The molecule has 4 N–H and O–H groups in total. The fourth-order valence-electron chi connectivity index (χ4n) is 4.53. The summed E-state index contributed by atoms with van der Waals surface area (Å²) in [4.78, 5) is 12.2. The van der Waals surface area contributed by atoms with E-state index in [2.05, 4.69) is 20.8 Å². The van der Waals surface area contributed by atoms with Crippen molar-refractivity contribution in [2.45, 2.75) is 24.5 Å². The van der Waals surface area contributed by atoms with Gasteiger partial charge >= 0.3 is 6.03 Å². The molecule has 4 atom stereocenters. The van der Waals surface area contributed by atoms with Crippen molar-refractivity contribution in [1.82, 2.24) is 15.5 Å². The van der Waals surface area contributed by atoms with Crippen molar-refractivity contribution >= 4 is 34.2 Å². The average Bonchev–Trinajstić information content (AvgIpc) is 3.02. The molecule has 2 aliphatic carbocycles. The summed E-state index contributed by atoms with van der Waals surface area (Å²) in [5.41, 5.74) is 1.44. The number of anilines is 1. The zero-order valence-electron chi connectivity index (χ0n) is 14.4. The maximum atomic E-state index is 12.2. The maximum absolute atomic E-state index is 12.2. The first-order valence-corrected chi connectivity index (χ1v) is 9.39. The molecule has 0 bridgehead atoms. The van der Waals surface area contributed by atoms with Crippen LogP contribution in [0.2, 0.25) is 5.02 Å². The van der Waals surface area contributed by atoms with E-state index in [9.17, 15) is 9.90 Å². The Morgan fingerprint density at radius 1 is 1.22 bits per heavy atom. The van der Waals surface area contributed by atoms with Crippen molar-refractivity contribution in [3.05, 3.63) is 59.2 Å². The van der Waals surface area contributed by atoms with Gasteiger partial charge in [0.25, 0.3) is 0 Å². The number of hydrogen-bond donors (Lipinski definition) is 4. The SMILES string of the molecule is O=C(Nc1ccccc1)N[C@H]1[C@@H]2C[C@](O)(c3cc(Cl)cc4cn[nH]c34)C[C@@H]21. The van der Waals surface area contributed by atoms with E-state index < -0.39 is 5.60 Å². The molecule has 27 heavy (non-hydrogen) atoms. The average molecular weight is 383 g/mol. The third kappa shape index (κ3) is 2.85. The Morgan fingerprint density at radius 3 is 2.70 bits per heavy atom. The molecule has 5 rings (SSSR count). The topological polar surface area (TPSA) is 90.0 Å². The van der Waals surface area contributed by atoms with Crippen molar-refractivity contribution in [2.24, 2.45) is 11.8 Å². The summed E-state index contributed by atoms with van der Waals surface area (Å²) in [7, 11) is 0. The number of aromatic amines is 1. The number of para-hydroxylation sites is 1. The Morgan fingerprint density at radius 2 is 1.96 bits per heavy atom. The van der Waals surface area contributed by atoms with Crippen LogP contribution >= 0.6 is 11.6 Å². The van der Waals surface area contributed by atoms with Crippen LogP contribution in [0.5, 0.6) is 0 Å². The molecule has 2 amide bonds. The van der Waals surface area contributed by atoms with Crippen LogP contribution in [0.3, 0.4) is 0 Å². The van der Waals surface area contributed by atoms with Crippen molar-refractivity contribution in [3.8, 4) is 0 Å². The Kier molecular flexibility index (Phi) is 3.67. The van der Waals surface area contributed by atoms with E-state index in [4.69, 9.17) is 11.6 Å². The Bertz CT molecular complexity index is 1010. The largest absolute Gasteiger partial charge is 0.385 e. The molecule has 1 aromatic heterocycles. The van der Waals surface area contributed by atoms with Gasteiger partial charge in [-0.25, -0.2) is 4.79 Å². The second-order valence-electron chi connectivity index (χ2n) is 7.55. The molecule has 0 aliphatic heterocycles.